The van der Waals surface area contributed by atoms with Gasteiger partial charge in [0.05, 0.1) is 22.6 Å². The van der Waals surface area contributed by atoms with E-state index in [1.165, 1.54) is 6.07 Å². The second-order valence-corrected chi connectivity index (χ2v) is 5.08. The molecule has 3 aromatic rings. The summed E-state index contributed by atoms with van der Waals surface area (Å²) in [6, 6.07) is 11.5. The Labute approximate surface area is 130 Å². The fourth-order valence-corrected chi connectivity index (χ4v) is 2.62. The summed E-state index contributed by atoms with van der Waals surface area (Å²) in [7, 11) is 0. The first-order valence-corrected chi connectivity index (χ1v) is 6.98. The zero-order chi connectivity index (χ0) is 15.0. The van der Waals surface area contributed by atoms with Crippen molar-refractivity contribution in [3.05, 3.63) is 58.6 Å². The largest absolute Gasteiger partial charge is 0.294 e. The maximum absolute atomic E-state index is 13.8. The van der Waals surface area contributed by atoms with E-state index < -0.39 is 5.82 Å². The average molecular weight is 320 g/mol. The average Bonchev–Trinajstić information content (AvgIpc) is 2.84. The van der Waals surface area contributed by atoms with Gasteiger partial charge in [0.25, 0.3) is 0 Å². The van der Waals surface area contributed by atoms with Gasteiger partial charge in [-0.05, 0) is 30.3 Å². The fourth-order valence-electron chi connectivity index (χ4n) is 2.27. The fraction of sp³-hybridized carbons (Fsp3) is 0.0667. The molecule has 1 aromatic heterocycles. The molecule has 0 amide bonds. The first-order valence-electron chi connectivity index (χ1n) is 6.07. The Kier molecular flexibility index (Phi) is 3.54. The van der Waals surface area contributed by atoms with Crippen LogP contribution in [-0.2, 0) is 5.88 Å². The summed E-state index contributed by atoms with van der Waals surface area (Å²) >= 11 is 11.9. The van der Waals surface area contributed by atoms with E-state index in [2.05, 4.69) is 4.98 Å². The summed E-state index contributed by atoms with van der Waals surface area (Å²) in [6.07, 6.45) is 0. The molecule has 3 nitrogen and oxygen atoms in total. The number of nitriles is 1. The number of fused-ring (bicyclic) bond motifs is 1. The SMILES string of the molecule is N#Cc1c(F)cccc1-n1c(CCl)nc2cc(Cl)ccc21. The number of rotatable bonds is 2. The van der Waals surface area contributed by atoms with Crippen LogP contribution in [0.4, 0.5) is 4.39 Å². The van der Waals surface area contributed by atoms with Gasteiger partial charge in [-0.3, -0.25) is 4.57 Å². The molecule has 6 heteroatoms. The summed E-state index contributed by atoms with van der Waals surface area (Å²) in [5, 5.41) is 9.75. The molecule has 0 fully saturated rings. The second kappa shape index (κ2) is 5.36. The molecule has 104 valence electrons. The number of nitrogens with zero attached hydrogens (tertiary/aromatic N) is 3. The first kappa shape index (κ1) is 13.9. The predicted octanol–water partition coefficient (Wildman–Crippen LogP) is 4.43. The maximum Gasteiger partial charge on any atom is 0.143 e. The van der Waals surface area contributed by atoms with Gasteiger partial charge < -0.3 is 0 Å². The van der Waals surface area contributed by atoms with E-state index in [9.17, 15) is 9.65 Å². The topological polar surface area (TPSA) is 41.6 Å². The molecule has 21 heavy (non-hydrogen) atoms. The molecule has 3 rings (SSSR count). The minimum Gasteiger partial charge on any atom is -0.294 e. The third-order valence-electron chi connectivity index (χ3n) is 3.15. The first-order chi connectivity index (χ1) is 10.2. The molecular formula is C15H8Cl2FN3. The number of hydrogen-bond donors (Lipinski definition) is 0. The van der Waals surface area contributed by atoms with Crippen LogP contribution in [0.3, 0.4) is 0 Å². The molecule has 0 saturated carbocycles. The van der Waals surface area contributed by atoms with Crippen LogP contribution < -0.4 is 0 Å². The lowest BCUT2D eigenvalue weighted by Crippen LogP contribution is -2.03. The van der Waals surface area contributed by atoms with E-state index in [4.69, 9.17) is 23.2 Å². The van der Waals surface area contributed by atoms with E-state index in [1.807, 2.05) is 6.07 Å². The monoisotopic (exact) mass is 319 g/mol. The highest BCUT2D eigenvalue weighted by molar-refractivity contribution is 6.31. The predicted molar refractivity (Wildman–Crippen MR) is 80.3 cm³/mol. The van der Waals surface area contributed by atoms with E-state index in [0.717, 1.165) is 5.52 Å². The van der Waals surface area contributed by atoms with Gasteiger partial charge >= 0.3 is 0 Å². The van der Waals surface area contributed by atoms with Crippen LogP contribution >= 0.6 is 23.2 Å². The highest BCUT2D eigenvalue weighted by Crippen LogP contribution is 2.27. The highest BCUT2D eigenvalue weighted by Gasteiger charge is 2.16. The molecule has 0 radical (unpaired) electrons. The summed E-state index contributed by atoms with van der Waals surface area (Å²) < 4.78 is 15.5. The summed E-state index contributed by atoms with van der Waals surface area (Å²) in [4.78, 5) is 4.39. The molecule has 0 aliphatic rings. The van der Waals surface area contributed by atoms with Gasteiger partial charge in [-0.25, -0.2) is 9.37 Å². The number of halogens is 3. The molecule has 0 spiro atoms. The minimum absolute atomic E-state index is 0.0434. The normalized spacial score (nSPS) is 10.8. The lowest BCUT2D eigenvalue weighted by Gasteiger charge is -2.10. The van der Waals surface area contributed by atoms with Crippen LogP contribution in [-0.4, -0.2) is 9.55 Å². The van der Waals surface area contributed by atoms with Crippen molar-refractivity contribution in [2.24, 2.45) is 0 Å². The summed E-state index contributed by atoms with van der Waals surface area (Å²) in [6.45, 7) is 0. The molecule has 0 aliphatic heterocycles. The molecule has 0 saturated heterocycles. The standard InChI is InChI=1S/C15H8Cl2FN3/c16-7-15-20-12-6-9(17)4-5-14(12)21(15)13-3-1-2-11(18)10(13)8-19/h1-6H,7H2. The van der Waals surface area contributed by atoms with Gasteiger partial charge in [-0.2, -0.15) is 5.26 Å². The molecule has 0 bridgehead atoms. The summed E-state index contributed by atoms with van der Waals surface area (Å²) in [5.41, 5.74) is 1.74. The van der Waals surface area contributed by atoms with Gasteiger partial charge in [0.2, 0.25) is 0 Å². The lowest BCUT2D eigenvalue weighted by atomic mass is 10.1. The van der Waals surface area contributed by atoms with Crippen molar-refractivity contribution >= 4 is 34.2 Å². The molecule has 0 unspecified atom stereocenters. The Morgan fingerprint density at radius 3 is 2.81 bits per heavy atom. The van der Waals surface area contributed by atoms with Crippen LogP contribution in [0.1, 0.15) is 11.4 Å². The Morgan fingerprint density at radius 1 is 1.29 bits per heavy atom. The molecule has 0 N–H and O–H groups in total. The van der Waals surface area contributed by atoms with Gasteiger partial charge in [-0.1, -0.05) is 17.7 Å². The minimum atomic E-state index is -0.577. The van der Waals surface area contributed by atoms with E-state index in [1.54, 1.807) is 34.9 Å². The Bertz CT molecular complexity index is 880. The molecule has 1 heterocycles. The van der Waals surface area contributed by atoms with Crippen LogP contribution in [0.2, 0.25) is 5.02 Å². The van der Waals surface area contributed by atoms with Crippen LogP contribution in [0.25, 0.3) is 16.7 Å². The van der Waals surface area contributed by atoms with E-state index in [0.29, 0.717) is 22.1 Å². The number of hydrogen-bond acceptors (Lipinski definition) is 2. The van der Waals surface area contributed by atoms with Crippen molar-refractivity contribution in [1.82, 2.24) is 9.55 Å². The zero-order valence-electron chi connectivity index (χ0n) is 10.6. The van der Waals surface area contributed by atoms with Gasteiger partial charge in [-0.15, -0.1) is 11.6 Å². The highest BCUT2D eigenvalue weighted by atomic mass is 35.5. The number of benzene rings is 2. The van der Waals surface area contributed by atoms with Gasteiger partial charge in [0.15, 0.2) is 0 Å². The smallest absolute Gasteiger partial charge is 0.143 e. The zero-order valence-corrected chi connectivity index (χ0v) is 12.2. The van der Waals surface area contributed by atoms with E-state index >= 15 is 0 Å². The molecular weight excluding hydrogens is 312 g/mol. The van der Waals surface area contributed by atoms with Crippen molar-refractivity contribution in [3.8, 4) is 11.8 Å². The maximum atomic E-state index is 13.8. The van der Waals surface area contributed by atoms with Gasteiger partial charge in [0.1, 0.15) is 23.3 Å². The van der Waals surface area contributed by atoms with Crippen LogP contribution in [0.15, 0.2) is 36.4 Å². The Hall–Kier alpha value is -2.09. The number of aromatic nitrogens is 2. The quantitative estimate of drug-likeness (QED) is 0.656. The van der Waals surface area contributed by atoms with Crippen molar-refractivity contribution in [3.63, 3.8) is 0 Å². The Morgan fingerprint density at radius 2 is 2.10 bits per heavy atom. The Balaban J connectivity index is 2.40. The number of imidazole rings is 1. The van der Waals surface area contributed by atoms with Crippen molar-refractivity contribution in [2.75, 3.05) is 0 Å². The van der Waals surface area contributed by atoms with Crippen LogP contribution in [0.5, 0.6) is 0 Å². The second-order valence-electron chi connectivity index (χ2n) is 4.38. The van der Waals surface area contributed by atoms with Crippen molar-refractivity contribution in [2.45, 2.75) is 5.88 Å². The number of alkyl halides is 1. The van der Waals surface area contributed by atoms with E-state index in [-0.39, 0.29) is 11.4 Å². The molecule has 2 aromatic carbocycles. The van der Waals surface area contributed by atoms with Crippen LogP contribution in [0, 0.1) is 17.1 Å². The van der Waals surface area contributed by atoms with Gasteiger partial charge in [0, 0.05) is 5.02 Å². The lowest BCUT2D eigenvalue weighted by molar-refractivity contribution is 0.622. The van der Waals surface area contributed by atoms with Crippen molar-refractivity contribution < 1.29 is 4.39 Å². The van der Waals surface area contributed by atoms with Crippen molar-refractivity contribution in [1.29, 1.82) is 5.26 Å². The molecule has 0 aliphatic carbocycles. The third kappa shape index (κ3) is 2.25. The summed E-state index contributed by atoms with van der Waals surface area (Å²) in [5.74, 6) is 0.0793. The third-order valence-corrected chi connectivity index (χ3v) is 3.62. The molecule has 0 atom stereocenters.